The SMILES string of the molecule is COc1ccc(CN(Cc2ccc(OC)cc2OC)c2nc(-c3cnccc3C)cc3cc(Nc4cnn(C5CCN(C(C)=O)C5)c4)ncc23)c(OC)c1. The molecule has 0 saturated carbocycles. The summed E-state index contributed by atoms with van der Waals surface area (Å²) in [7, 11) is 6.59. The third kappa shape index (κ3) is 7.56. The molecule has 0 bridgehead atoms. The van der Waals surface area contributed by atoms with Crippen LogP contribution in [0.15, 0.2) is 85.6 Å². The van der Waals surface area contributed by atoms with Gasteiger partial charge >= 0.3 is 0 Å². The van der Waals surface area contributed by atoms with Crippen LogP contribution in [0.1, 0.15) is 36.1 Å². The van der Waals surface area contributed by atoms with Crippen LogP contribution in [0.5, 0.6) is 23.0 Å². The second-order valence-corrected chi connectivity index (χ2v) is 13.3. The van der Waals surface area contributed by atoms with E-state index in [-0.39, 0.29) is 11.9 Å². The summed E-state index contributed by atoms with van der Waals surface area (Å²) in [5.41, 5.74) is 5.45. The van der Waals surface area contributed by atoms with E-state index in [1.165, 1.54) is 0 Å². The summed E-state index contributed by atoms with van der Waals surface area (Å²) in [4.78, 5) is 30.6. The van der Waals surface area contributed by atoms with E-state index in [0.717, 1.165) is 63.2 Å². The van der Waals surface area contributed by atoms with Gasteiger partial charge in [-0.2, -0.15) is 5.10 Å². The molecule has 2 aromatic carbocycles. The van der Waals surface area contributed by atoms with E-state index >= 15 is 0 Å². The van der Waals surface area contributed by atoms with Gasteiger partial charge in [-0.1, -0.05) is 0 Å². The molecule has 1 aliphatic rings. The minimum Gasteiger partial charge on any atom is -0.497 e. The third-order valence-corrected chi connectivity index (χ3v) is 9.88. The van der Waals surface area contributed by atoms with E-state index in [9.17, 15) is 4.79 Å². The number of pyridine rings is 3. The van der Waals surface area contributed by atoms with E-state index in [1.807, 2.05) is 76.7 Å². The first kappa shape index (κ1) is 36.0. The average Bonchev–Trinajstić information content (AvgIpc) is 3.88. The zero-order valence-corrected chi connectivity index (χ0v) is 31.4. The molecule has 54 heavy (non-hydrogen) atoms. The number of nitrogens with zero attached hydrogens (tertiary/aromatic N) is 7. The monoisotopic (exact) mass is 728 g/mol. The molecule has 5 heterocycles. The van der Waals surface area contributed by atoms with Gasteiger partial charge in [-0.25, -0.2) is 9.97 Å². The quantitative estimate of drug-likeness (QED) is 0.132. The zero-order chi connectivity index (χ0) is 37.8. The first-order valence-corrected chi connectivity index (χ1v) is 17.7. The van der Waals surface area contributed by atoms with Crippen LogP contribution in [0, 0.1) is 6.92 Å². The predicted octanol–water partition coefficient (Wildman–Crippen LogP) is 6.97. The molecule has 13 nitrogen and oxygen atoms in total. The number of nitrogens with one attached hydrogen (secondary N) is 1. The largest absolute Gasteiger partial charge is 0.497 e. The highest BCUT2D eigenvalue weighted by atomic mass is 16.5. The molecule has 1 saturated heterocycles. The van der Waals surface area contributed by atoms with Crippen LogP contribution in [0.2, 0.25) is 0 Å². The number of benzene rings is 2. The number of aromatic nitrogens is 5. The first-order valence-electron chi connectivity index (χ1n) is 17.7. The Labute approximate surface area is 314 Å². The molecule has 278 valence electrons. The van der Waals surface area contributed by atoms with Crippen LogP contribution in [0.3, 0.4) is 0 Å². The highest BCUT2D eigenvalue weighted by Gasteiger charge is 2.26. The number of anilines is 3. The van der Waals surface area contributed by atoms with Gasteiger partial charge in [-0.15, -0.1) is 0 Å². The summed E-state index contributed by atoms with van der Waals surface area (Å²) in [6.07, 6.45) is 10.1. The number of amides is 1. The number of methoxy groups -OCH3 is 4. The van der Waals surface area contributed by atoms with E-state index in [0.29, 0.717) is 48.5 Å². The van der Waals surface area contributed by atoms with Crippen molar-refractivity contribution in [2.75, 3.05) is 51.7 Å². The molecule has 1 N–H and O–H groups in total. The Bertz CT molecular complexity index is 2230. The smallest absolute Gasteiger partial charge is 0.219 e. The van der Waals surface area contributed by atoms with Crippen molar-refractivity contribution in [3.63, 3.8) is 0 Å². The maximum atomic E-state index is 11.9. The highest BCUT2D eigenvalue weighted by Crippen LogP contribution is 2.37. The van der Waals surface area contributed by atoms with Crippen LogP contribution in [-0.2, 0) is 17.9 Å². The predicted molar refractivity (Wildman–Crippen MR) is 208 cm³/mol. The fraction of sp³-hybridized carbons (Fsp3) is 0.293. The normalized spacial score (nSPS) is 13.9. The minimum atomic E-state index is 0.0860. The van der Waals surface area contributed by atoms with Gasteiger partial charge in [-0.05, 0) is 66.8 Å². The van der Waals surface area contributed by atoms with E-state index in [4.69, 9.17) is 28.9 Å². The van der Waals surface area contributed by atoms with Crippen LogP contribution < -0.4 is 29.2 Å². The molecule has 1 atom stereocenters. The number of rotatable bonds is 13. The second kappa shape index (κ2) is 15.7. The Morgan fingerprint density at radius 1 is 0.889 bits per heavy atom. The lowest BCUT2D eigenvalue weighted by atomic mass is 10.0. The number of carbonyl (C=O) groups excluding carboxylic acids is 1. The lowest BCUT2D eigenvalue weighted by Gasteiger charge is -2.28. The summed E-state index contributed by atoms with van der Waals surface area (Å²) in [6, 6.07) is 17.9. The summed E-state index contributed by atoms with van der Waals surface area (Å²) in [5.74, 6) is 4.26. The average molecular weight is 729 g/mol. The summed E-state index contributed by atoms with van der Waals surface area (Å²) < 4.78 is 24.6. The lowest BCUT2D eigenvalue weighted by Crippen LogP contribution is -2.26. The van der Waals surface area contributed by atoms with Gasteiger partial charge in [0.1, 0.15) is 34.6 Å². The minimum absolute atomic E-state index is 0.0860. The second-order valence-electron chi connectivity index (χ2n) is 13.3. The molecule has 1 amide bonds. The Hall–Kier alpha value is -6.37. The Kier molecular flexibility index (Phi) is 10.5. The fourth-order valence-corrected chi connectivity index (χ4v) is 6.89. The fourth-order valence-electron chi connectivity index (χ4n) is 6.89. The molecule has 1 unspecified atom stereocenters. The van der Waals surface area contributed by atoms with Crippen molar-refractivity contribution in [1.29, 1.82) is 0 Å². The molecular weight excluding hydrogens is 685 g/mol. The molecule has 4 aromatic heterocycles. The van der Waals surface area contributed by atoms with E-state index in [1.54, 1.807) is 47.8 Å². The molecule has 0 spiro atoms. The van der Waals surface area contributed by atoms with E-state index in [2.05, 4.69) is 33.3 Å². The van der Waals surface area contributed by atoms with Crippen molar-refractivity contribution in [3.8, 4) is 34.3 Å². The van der Waals surface area contributed by atoms with Gasteiger partial charge in [0.15, 0.2) is 0 Å². The van der Waals surface area contributed by atoms with Crippen molar-refractivity contribution < 1.29 is 23.7 Å². The number of ether oxygens (including phenoxy) is 4. The van der Waals surface area contributed by atoms with Crippen LogP contribution >= 0.6 is 0 Å². The topological polar surface area (TPSA) is 129 Å². The number of aryl methyl sites for hydroxylation is 1. The number of fused-ring (bicyclic) bond motifs is 1. The summed E-state index contributed by atoms with van der Waals surface area (Å²) in [6.45, 7) is 5.94. The van der Waals surface area contributed by atoms with Crippen LogP contribution in [0.4, 0.5) is 17.3 Å². The van der Waals surface area contributed by atoms with Crippen molar-refractivity contribution in [2.45, 2.75) is 39.4 Å². The van der Waals surface area contributed by atoms with Gasteiger partial charge < -0.3 is 34.1 Å². The lowest BCUT2D eigenvalue weighted by molar-refractivity contribution is -0.127. The van der Waals surface area contributed by atoms with Gasteiger partial charge in [0.25, 0.3) is 0 Å². The summed E-state index contributed by atoms with van der Waals surface area (Å²) in [5, 5.41) is 9.85. The van der Waals surface area contributed by atoms with E-state index < -0.39 is 0 Å². The number of carbonyl (C=O) groups is 1. The standard InChI is InChI=1S/C41H44N8O5/c1-26-11-13-42-20-35(26)37-15-30-16-40(45-31-19-44-49(24-31)32-12-14-47(25-32)27(2)50)43-21-36(30)41(46-37)48(22-28-7-9-33(51-3)17-38(28)53-5)23-29-8-10-34(52-4)18-39(29)54-6/h7-11,13,15-21,24,32H,12,14,22-23,25H2,1-6H3,(H,43,45). The molecule has 1 fully saturated rings. The van der Waals surface area contributed by atoms with Crippen LogP contribution in [-0.4, -0.2) is 77.1 Å². The Morgan fingerprint density at radius 3 is 2.20 bits per heavy atom. The van der Waals surface area contributed by atoms with Crippen molar-refractivity contribution >= 4 is 34.0 Å². The molecule has 0 radical (unpaired) electrons. The van der Waals surface area contributed by atoms with Crippen molar-refractivity contribution in [2.24, 2.45) is 0 Å². The summed E-state index contributed by atoms with van der Waals surface area (Å²) >= 11 is 0. The van der Waals surface area contributed by atoms with Gasteiger partial charge in [0.2, 0.25) is 5.91 Å². The van der Waals surface area contributed by atoms with Crippen molar-refractivity contribution in [3.05, 3.63) is 102 Å². The zero-order valence-electron chi connectivity index (χ0n) is 31.4. The molecule has 6 aromatic rings. The maximum Gasteiger partial charge on any atom is 0.219 e. The first-order chi connectivity index (χ1) is 26.3. The number of hydrogen-bond acceptors (Lipinski definition) is 11. The highest BCUT2D eigenvalue weighted by molar-refractivity contribution is 5.96. The number of hydrogen-bond donors (Lipinski definition) is 1. The molecule has 7 rings (SSSR count). The molecule has 0 aliphatic carbocycles. The number of likely N-dealkylation sites (tertiary alicyclic amines) is 1. The Balaban J connectivity index is 1.32. The van der Waals surface area contributed by atoms with Crippen molar-refractivity contribution in [1.82, 2.24) is 29.6 Å². The third-order valence-electron chi connectivity index (χ3n) is 9.88. The molecule has 13 heteroatoms. The molecular formula is C41H44N8O5. The maximum absolute atomic E-state index is 11.9. The van der Waals surface area contributed by atoms with Crippen LogP contribution in [0.25, 0.3) is 22.0 Å². The van der Waals surface area contributed by atoms with Gasteiger partial charge in [0.05, 0.1) is 52.1 Å². The Morgan fingerprint density at radius 2 is 1.59 bits per heavy atom. The van der Waals surface area contributed by atoms with Gasteiger partial charge in [0, 0.05) is 92.1 Å². The van der Waals surface area contributed by atoms with Gasteiger partial charge in [-0.3, -0.25) is 14.5 Å². The molecule has 1 aliphatic heterocycles.